The molecule has 0 saturated carbocycles. The van der Waals surface area contributed by atoms with Crippen LogP contribution in [0.15, 0.2) is 54.1 Å². The van der Waals surface area contributed by atoms with E-state index < -0.39 is 29.5 Å². The lowest BCUT2D eigenvalue weighted by Crippen LogP contribution is -2.41. The first-order chi connectivity index (χ1) is 13.5. The molecule has 5 nitrogen and oxygen atoms in total. The second-order valence-corrected chi connectivity index (χ2v) is 6.80. The van der Waals surface area contributed by atoms with E-state index >= 15 is 0 Å². The molecule has 0 amide bonds. The van der Waals surface area contributed by atoms with Crippen LogP contribution in [0.3, 0.4) is 0 Å². The van der Waals surface area contributed by atoms with Gasteiger partial charge in [0.1, 0.15) is 17.9 Å². The topological polar surface area (TPSA) is 61.8 Å². The molecule has 1 fully saturated rings. The quantitative estimate of drug-likeness (QED) is 0.425. The number of cyclic esters (lactones) is 2. The molecular weight excluding hydrogens is 389 g/mol. The van der Waals surface area contributed by atoms with E-state index in [4.69, 9.17) is 14.2 Å². The Morgan fingerprint density at radius 2 is 1.66 bits per heavy atom. The monoisotopic (exact) mass is 406 g/mol. The molecule has 8 heteroatoms. The van der Waals surface area contributed by atoms with Gasteiger partial charge in [0.15, 0.2) is 0 Å². The number of rotatable bonds is 4. The number of carbonyl (C=O) groups is 2. The molecule has 0 N–H and O–H groups in total. The third kappa shape index (κ3) is 5.16. The Bertz CT molecular complexity index is 954. The molecule has 2 aromatic carbocycles. The van der Waals surface area contributed by atoms with Crippen LogP contribution in [-0.2, 0) is 31.8 Å². The van der Waals surface area contributed by atoms with Crippen molar-refractivity contribution in [2.45, 2.75) is 32.4 Å². The smallest absolute Gasteiger partial charge is 0.416 e. The lowest BCUT2D eigenvalue weighted by molar-refractivity contribution is -0.222. The highest BCUT2D eigenvalue weighted by molar-refractivity contribution is 6.18. The van der Waals surface area contributed by atoms with Crippen LogP contribution in [0, 0.1) is 0 Å². The van der Waals surface area contributed by atoms with Gasteiger partial charge in [-0.05, 0) is 41.5 Å². The van der Waals surface area contributed by atoms with E-state index in [1.54, 1.807) is 24.3 Å². The van der Waals surface area contributed by atoms with Crippen molar-refractivity contribution in [3.63, 3.8) is 0 Å². The second-order valence-electron chi connectivity index (χ2n) is 6.80. The van der Waals surface area contributed by atoms with Crippen LogP contribution in [0.2, 0.25) is 0 Å². The van der Waals surface area contributed by atoms with Gasteiger partial charge in [0, 0.05) is 13.8 Å². The molecule has 0 radical (unpaired) electrons. The Morgan fingerprint density at radius 1 is 1.00 bits per heavy atom. The standard InChI is InChI=1S/C21H17F3O5/c1-20(2)28-18(25)17(19(26)29-20)11-13-5-4-8-16(10-13)27-12-14-6-3-7-15(9-14)21(22,23)24/h3-11H,12H2,1-2H3. The first-order valence-corrected chi connectivity index (χ1v) is 8.61. The number of halogens is 3. The summed E-state index contributed by atoms with van der Waals surface area (Å²) in [5.41, 5.74) is -0.200. The molecule has 152 valence electrons. The zero-order chi connectivity index (χ0) is 21.2. The summed E-state index contributed by atoms with van der Waals surface area (Å²) >= 11 is 0. The van der Waals surface area contributed by atoms with Crippen molar-refractivity contribution in [3.8, 4) is 5.75 Å². The molecule has 2 aromatic rings. The lowest BCUT2D eigenvalue weighted by Gasteiger charge is -2.29. The molecule has 0 aromatic heterocycles. The van der Waals surface area contributed by atoms with Crippen molar-refractivity contribution in [3.05, 3.63) is 70.8 Å². The van der Waals surface area contributed by atoms with Crippen molar-refractivity contribution >= 4 is 18.0 Å². The second kappa shape index (κ2) is 7.62. The SMILES string of the molecule is CC1(C)OC(=O)C(=Cc2cccc(OCc3cccc(C(F)(F)F)c3)c2)C(=O)O1. The van der Waals surface area contributed by atoms with Gasteiger partial charge in [-0.1, -0.05) is 24.3 Å². The van der Waals surface area contributed by atoms with E-state index in [-0.39, 0.29) is 12.2 Å². The fourth-order valence-electron chi connectivity index (χ4n) is 2.64. The summed E-state index contributed by atoms with van der Waals surface area (Å²) in [6.45, 7) is 2.81. The van der Waals surface area contributed by atoms with E-state index in [0.29, 0.717) is 16.9 Å². The minimum Gasteiger partial charge on any atom is -0.489 e. The molecule has 29 heavy (non-hydrogen) atoms. The maximum absolute atomic E-state index is 12.8. The van der Waals surface area contributed by atoms with Crippen molar-refractivity contribution in [2.75, 3.05) is 0 Å². The molecule has 1 saturated heterocycles. The van der Waals surface area contributed by atoms with Gasteiger partial charge in [-0.3, -0.25) is 0 Å². The number of hydrogen-bond acceptors (Lipinski definition) is 5. The van der Waals surface area contributed by atoms with Gasteiger partial charge < -0.3 is 14.2 Å². The molecule has 0 bridgehead atoms. The zero-order valence-corrected chi connectivity index (χ0v) is 15.6. The number of esters is 2. The molecule has 1 heterocycles. The summed E-state index contributed by atoms with van der Waals surface area (Å²) in [6.07, 6.45) is -3.13. The van der Waals surface area contributed by atoms with Gasteiger partial charge in [-0.25, -0.2) is 9.59 Å². The number of alkyl halides is 3. The minimum atomic E-state index is -4.43. The first-order valence-electron chi connectivity index (χ1n) is 8.61. The third-order valence-corrected chi connectivity index (χ3v) is 3.95. The zero-order valence-electron chi connectivity index (χ0n) is 15.6. The van der Waals surface area contributed by atoms with Gasteiger partial charge in [-0.2, -0.15) is 13.2 Å². The molecule has 1 aliphatic rings. The van der Waals surface area contributed by atoms with Gasteiger partial charge in [0.2, 0.25) is 0 Å². The van der Waals surface area contributed by atoms with E-state index in [1.165, 1.54) is 32.1 Å². The van der Waals surface area contributed by atoms with E-state index in [1.807, 2.05) is 0 Å². The molecular formula is C21H17F3O5. The number of benzene rings is 2. The van der Waals surface area contributed by atoms with Gasteiger partial charge in [-0.15, -0.1) is 0 Å². The van der Waals surface area contributed by atoms with Gasteiger partial charge in [0.25, 0.3) is 5.79 Å². The summed E-state index contributed by atoms with van der Waals surface area (Å²) < 4.78 is 54.0. The summed E-state index contributed by atoms with van der Waals surface area (Å²) in [5.74, 6) is -2.58. The van der Waals surface area contributed by atoms with E-state index in [2.05, 4.69) is 0 Å². The first kappa shape index (κ1) is 20.4. The molecule has 0 spiro atoms. The summed E-state index contributed by atoms with van der Waals surface area (Å²) in [7, 11) is 0. The fourth-order valence-corrected chi connectivity index (χ4v) is 2.64. The maximum Gasteiger partial charge on any atom is 0.416 e. The minimum absolute atomic E-state index is 0.0811. The number of carbonyl (C=O) groups excluding carboxylic acids is 2. The summed E-state index contributed by atoms with van der Waals surface area (Å²) in [6, 6.07) is 11.2. The highest BCUT2D eigenvalue weighted by Gasteiger charge is 2.38. The maximum atomic E-state index is 12.8. The third-order valence-electron chi connectivity index (χ3n) is 3.95. The van der Waals surface area contributed by atoms with Crippen molar-refractivity contribution in [1.82, 2.24) is 0 Å². The Balaban J connectivity index is 1.74. The van der Waals surface area contributed by atoms with Crippen molar-refractivity contribution in [2.24, 2.45) is 0 Å². The normalized spacial score (nSPS) is 16.1. The van der Waals surface area contributed by atoms with Crippen LogP contribution in [0.1, 0.15) is 30.5 Å². The highest BCUT2D eigenvalue weighted by Crippen LogP contribution is 2.30. The summed E-state index contributed by atoms with van der Waals surface area (Å²) in [4.78, 5) is 24.0. The predicted molar refractivity (Wildman–Crippen MR) is 96.5 cm³/mol. The molecule has 3 rings (SSSR count). The molecule has 0 unspecified atom stereocenters. The molecule has 0 atom stereocenters. The molecule has 0 aliphatic carbocycles. The van der Waals surface area contributed by atoms with E-state index in [9.17, 15) is 22.8 Å². The Morgan fingerprint density at radius 3 is 2.31 bits per heavy atom. The Kier molecular flexibility index (Phi) is 5.37. The van der Waals surface area contributed by atoms with Crippen LogP contribution < -0.4 is 4.74 Å². The van der Waals surface area contributed by atoms with Crippen LogP contribution in [-0.4, -0.2) is 17.7 Å². The average molecular weight is 406 g/mol. The average Bonchev–Trinajstić information content (AvgIpc) is 2.62. The molecule has 1 aliphatic heterocycles. The van der Waals surface area contributed by atoms with Crippen molar-refractivity contribution < 1.29 is 37.0 Å². The van der Waals surface area contributed by atoms with Crippen LogP contribution in [0.5, 0.6) is 5.75 Å². The largest absolute Gasteiger partial charge is 0.489 e. The van der Waals surface area contributed by atoms with Gasteiger partial charge in [0.05, 0.1) is 5.56 Å². The fraction of sp³-hybridized carbons (Fsp3) is 0.238. The Labute approximate surface area is 164 Å². The van der Waals surface area contributed by atoms with Crippen LogP contribution in [0.25, 0.3) is 6.08 Å². The van der Waals surface area contributed by atoms with Gasteiger partial charge >= 0.3 is 18.1 Å². The van der Waals surface area contributed by atoms with Crippen molar-refractivity contribution in [1.29, 1.82) is 0 Å². The summed E-state index contributed by atoms with van der Waals surface area (Å²) in [5, 5.41) is 0. The lowest BCUT2D eigenvalue weighted by atomic mass is 10.1. The predicted octanol–water partition coefficient (Wildman–Crippen LogP) is 4.50. The number of ether oxygens (including phenoxy) is 3. The number of hydrogen-bond donors (Lipinski definition) is 0. The Hall–Kier alpha value is -3.29. The highest BCUT2D eigenvalue weighted by atomic mass is 19.4. The van der Waals surface area contributed by atoms with Crippen LogP contribution in [0.4, 0.5) is 13.2 Å². The van der Waals surface area contributed by atoms with E-state index in [0.717, 1.165) is 12.1 Å². The van der Waals surface area contributed by atoms with Crippen LogP contribution >= 0.6 is 0 Å².